The molecular formula is C15H30O. The lowest BCUT2D eigenvalue weighted by atomic mass is 9.88. The minimum absolute atomic E-state index is 0.306. The number of carbonyl (C=O) groups is 1. The van der Waals surface area contributed by atoms with Gasteiger partial charge in [-0.15, -0.1) is 0 Å². The zero-order valence-corrected chi connectivity index (χ0v) is 11.5. The van der Waals surface area contributed by atoms with Gasteiger partial charge < -0.3 is 4.79 Å². The van der Waals surface area contributed by atoms with Gasteiger partial charge in [-0.05, 0) is 18.8 Å². The molecule has 0 amide bonds. The molecule has 0 aromatic rings. The third-order valence-electron chi connectivity index (χ3n) is 3.65. The number of rotatable bonds is 11. The van der Waals surface area contributed by atoms with Crippen LogP contribution in [0.5, 0.6) is 0 Å². The summed E-state index contributed by atoms with van der Waals surface area (Å²) in [4.78, 5) is 10.8. The quantitative estimate of drug-likeness (QED) is 0.358. The molecule has 0 aliphatic rings. The molecule has 16 heavy (non-hydrogen) atoms. The van der Waals surface area contributed by atoms with Crippen molar-refractivity contribution in [1.29, 1.82) is 0 Å². The summed E-state index contributed by atoms with van der Waals surface area (Å²) in [6.07, 6.45) is 12.7. The normalized spacial score (nSPS) is 14.7. The van der Waals surface area contributed by atoms with Gasteiger partial charge in [-0.1, -0.05) is 65.7 Å². The fourth-order valence-corrected chi connectivity index (χ4v) is 2.27. The van der Waals surface area contributed by atoms with Crippen LogP contribution in [-0.4, -0.2) is 6.29 Å². The zero-order valence-electron chi connectivity index (χ0n) is 11.5. The van der Waals surface area contributed by atoms with Crippen LogP contribution in [0.4, 0.5) is 0 Å². The smallest absolute Gasteiger partial charge is 0.123 e. The molecule has 1 heteroatoms. The maximum absolute atomic E-state index is 10.8. The van der Waals surface area contributed by atoms with Crippen molar-refractivity contribution < 1.29 is 4.79 Å². The van der Waals surface area contributed by atoms with Crippen LogP contribution in [-0.2, 0) is 4.79 Å². The average Bonchev–Trinajstić information content (AvgIpc) is 2.33. The van der Waals surface area contributed by atoms with E-state index in [1.54, 1.807) is 0 Å². The minimum Gasteiger partial charge on any atom is -0.303 e. The molecule has 0 saturated carbocycles. The molecule has 0 N–H and O–H groups in total. The molecule has 0 spiro atoms. The first kappa shape index (κ1) is 15.7. The lowest BCUT2D eigenvalue weighted by Gasteiger charge is -2.17. The monoisotopic (exact) mass is 226 g/mol. The first-order valence-electron chi connectivity index (χ1n) is 7.23. The van der Waals surface area contributed by atoms with Crippen molar-refractivity contribution in [1.82, 2.24) is 0 Å². The molecule has 0 aliphatic carbocycles. The molecule has 96 valence electrons. The molecular weight excluding hydrogens is 196 g/mol. The number of hydrogen-bond donors (Lipinski definition) is 0. The molecule has 0 saturated heterocycles. The Kier molecular flexibility index (Phi) is 10.9. The first-order chi connectivity index (χ1) is 7.78. The van der Waals surface area contributed by atoms with E-state index >= 15 is 0 Å². The Bertz CT molecular complexity index is 154. The van der Waals surface area contributed by atoms with Gasteiger partial charge in [0.05, 0.1) is 0 Å². The molecule has 0 bridgehead atoms. The topological polar surface area (TPSA) is 17.1 Å². The van der Waals surface area contributed by atoms with Gasteiger partial charge in [0.2, 0.25) is 0 Å². The highest BCUT2D eigenvalue weighted by Crippen LogP contribution is 2.23. The van der Waals surface area contributed by atoms with Gasteiger partial charge in [0.1, 0.15) is 6.29 Å². The van der Waals surface area contributed by atoms with Crippen molar-refractivity contribution >= 4 is 6.29 Å². The number of aldehydes is 1. The maximum Gasteiger partial charge on any atom is 0.123 e. The third-order valence-corrected chi connectivity index (χ3v) is 3.65. The van der Waals surface area contributed by atoms with Gasteiger partial charge in [-0.2, -0.15) is 0 Å². The highest BCUT2D eigenvalue weighted by Gasteiger charge is 2.12. The van der Waals surface area contributed by atoms with Gasteiger partial charge in [0, 0.05) is 5.92 Å². The number of unbranched alkanes of at least 4 members (excludes halogenated alkanes) is 4. The summed E-state index contributed by atoms with van der Waals surface area (Å²) in [6, 6.07) is 0. The lowest BCUT2D eigenvalue weighted by molar-refractivity contribution is -0.111. The van der Waals surface area contributed by atoms with E-state index in [9.17, 15) is 4.79 Å². The van der Waals surface area contributed by atoms with Crippen molar-refractivity contribution in [3.05, 3.63) is 0 Å². The molecule has 1 nitrogen and oxygen atoms in total. The summed E-state index contributed by atoms with van der Waals surface area (Å²) in [5, 5.41) is 0. The largest absolute Gasteiger partial charge is 0.303 e. The third kappa shape index (κ3) is 7.90. The van der Waals surface area contributed by atoms with E-state index in [0.717, 1.165) is 25.0 Å². The Labute approximate surface area is 102 Å². The second kappa shape index (κ2) is 11.2. The van der Waals surface area contributed by atoms with Crippen molar-refractivity contribution in [3.63, 3.8) is 0 Å². The van der Waals surface area contributed by atoms with Crippen LogP contribution in [0.25, 0.3) is 0 Å². The van der Waals surface area contributed by atoms with Crippen LogP contribution >= 0.6 is 0 Å². The van der Waals surface area contributed by atoms with Crippen LogP contribution in [0.2, 0.25) is 0 Å². The molecule has 0 radical (unpaired) electrons. The van der Waals surface area contributed by atoms with E-state index in [4.69, 9.17) is 0 Å². The Hall–Kier alpha value is -0.330. The van der Waals surface area contributed by atoms with Gasteiger partial charge in [0.15, 0.2) is 0 Å². The molecule has 0 aromatic carbocycles. The van der Waals surface area contributed by atoms with Crippen LogP contribution < -0.4 is 0 Å². The minimum atomic E-state index is 0.306. The van der Waals surface area contributed by atoms with Crippen molar-refractivity contribution in [2.24, 2.45) is 11.8 Å². The standard InChI is InChI=1S/C15H30O/c1-4-7-8-9-10-11-14(5-2)12-15(6-3)13-16/h13-15H,4-12H2,1-3H3. The number of hydrogen-bond acceptors (Lipinski definition) is 1. The Morgan fingerprint density at radius 3 is 2.12 bits per heavy atom. The van der Waals surface area contributed by atoms with E-state index in [-0.39, 0.29) is 0 Å². The molecule has 0 rings (SSSR count). The van der Waals surface area contributed by atoms with Crippen molar-refractivity contribution in [2.45, 2.75) is 78.6 Å². The van der Waals surface area contributed by atoms with Gasteiger partial charge >= 0.3 is 0 Å². The summed E-state index contributed by atoms with van der Waals surface area (Å²) in [6.45, 7) is 6.63. The van der Waals surface area contributed by atoms with Crippen LogP contribution in [0.3, 0.4) is 0 Å². The predicted molar refractivity (Wildman–Crippen MR) is 71.6 cm³/mol. The SMILES string of the molecule is CCCCCCCC(CC)CC(C=O)CC. The van der Waals surface area contributed by atoms with E-state index in [2.05, 4.69) is 20.8 Å². The van der Waals surface area contributed by atoms with E-state index < -0.39 is 0 Å². The number of carbonyl (C=O) groups excluding carboxylic acids is 1. The van der Waals surface area contributed by atoms with E-state index in [1.807, 2.05) is 0 Å². The van der Waals surface area contributed by atoms with Crippen LogP contribution in [0.15, 0.2) is 0 Å². The zero-order chi connectivity index (χ0) is 12.2. The molecule has 0 fully saturated rings. The highest BCUT2D eigenvalue weighted by atomic mass is 16.1. The van der Waals surface area contributed by atoms with Gasteiger partial charge in [-0.25, -0.2) is 0 Å². The fraction of sp³-hybridized carbons (Fsp3) is 0.933. The van der Waals surface area contributed by atoms with Gasteiger partial charge in [0.25, 0.3) is 0 Å². The highest BCUT2D eigenvalue weighted by molar-refractivity contribution is 5.53. The van der Waals surface area contributed by atoms with Crippen molar-refractivity contribution in [2.75, 3.05) is 0 Å². The molecule has 0 aromatic heterocycles. The molecule has 2 atom stereocenters. The summed E-state index contributed by atoms with van der Waals surface area (Å²) in [5.74, 6) is 1.08. The van der Waals surface area contributed by atoms with E-state index in [0.29, 0.717) is 5.92 Å². The Morgan fingerprint density at radius 1 is 0.938 bits per heavy atom. The second-order valence-corrected chi connectivity index (χ2v) is 5.02. The summed E-state index contributed by atoms with van der Waals surface area (Å²) < 4.78 is 0. The van der Waals surface area contributed by atoms with Crippen LogP contribution in [0.1, 0.15) is 78.6 Å². The first-order valence-corrected chi connectivity index (χ1v) is 7.23. The summed E-state index contributed by atoms with van der Waals surface area (Å²) >= 11 is 0. The second-order valence-electron chi connectivity index (χ2n) is 5.02. The molecule has 2 unspecified atom stereocenters. The lowest BCUT2D eigenvalue weighted by Crippen LogP contribution is -2.09. The van der Waals surface area contributed by atoms with E-state index in [1.165, 1.54) is 44.9 Å². The fourth-order valence-electron chi connectivity index (χ4n) is 2.27. The van der Waals surface area contributed by atoms with Gasteiger partial charge in [-0.3, -0.25) is 0 Å². The summed E-state index contributed by atoms with van der Waals surface area (Å²) in [5.41, 5.74) is 0. The average molecular weight is 226 g/mol. The van der Waals surface area contributed by atoms with Crippen molar-refractivity contribution in [3.8, 4) is 0 Å². The summed E-state index contributed by atoms with van der Waals surface area (Å²) in [7, 11) is 0. The Morgan fingerprint density at radius 2 is 1.62 bits per heavy atom. The Balaban J connectivity index is 3.61. The molecule has 0 heterocycles. The maximum atomic E-state index is 10.8. The molecule has 0 aliphatic heterocycles. The predicted octanol–water partition coefficient (Wildman–Crippen LogP) is 4.99. The van der Waals surface area contributed by atoms with Crippen LogP contribution in [0, 0.1) is 11.8 Å².